The summed E-state index contributed by atoms with van der Waals surface area (Å²) in [6, 6.07) is 24.1. The van der Waals surface area contributed by atoms with Crippen LogP contribution in [0.3, 0.4) is 0 Å². The van der Waals surface area contributed by atoms with Crippen molar-refractivity contribution < 1.29 is 28.8 Å². The second-order valence-corrected chi connectivity index (χ2v) is 18.9. The molecular formula is C47H56ClN7O7S. The zero-order valence-electron chi connectivity index (χ0n) is 37.3. The van der Waals surface area contributed by atoms with Crippen LogP contribution in [0.4, 0.5) is 17.1 Å². The van der Waals surface area contributed by atoms with Gasteiger partial charge in [-0.2, -0.15) is 4.68 Å². The first-order valence-corrected chi connectivity index (χ1v) is 22.2. The molecule has 14 nitrogen and oxygen atoms in total. The third kappa shape index (κ3) is 12.4. The highest BCUT2D eigenvalue weighted by molar-refractivity contribution is 7.98. The lowest BCUT2D eigenvalue weighted by Crippen LogP contribution is -2.45. The molecule has 0 aliphatic carbocycles. The van der Waals surface area contributed by atoms with Gasteiger partial charge < -0.3 is 20.1 Å². The van der Waals surface area contributed by atoms with Crippen molar-refractivity contribution in [1.29, 1.82) is 0 Å². The van der Waals surface area contributed by atoms with Crippen LogP contribution in [0.25, 0.3) is 5.69 Å². The number of nitro groups is 1. The summed E-state index contributed by atoms with van der Waals surface area (Å²) >= 11 is 7.72. The van der Waals surface area contributed by atoms with Crippen LogP contribution in [0, 0.1) is 15.5 Å². The molecule has 16 heteroatoms. The van der Waals surface area contributed by atoms with Crippen molar-refractivity contribution in [3.63, 3.8) is 0 Å². The topological polar surface area (TPSA) is 180 Å². The number of non-ortho nitro benzene ring substituents is 1. The van der Waals surface area contributed by atoms with Gasteiger partial charge in [-0.05, 0) is 88.5 Å². The Hall–Kier alpha value is -5.80. The molecule has 0 aliphatic heterocycles. The fourth-order valence-corrected chi connectivity index (χ4v) is 7.37. The van der Waals surface area contributed by atoms with Crippen molar-refractivity contribution in [2.75, 3.05) is 17.2 Å². The average Bonchev–Trinajstić information content (AvgIpc) is 3.73. The van der Waals surface area contributed by atoms with Gasteiger partial charge in [-0.15, -0.1) is 5.10 Å². The summed E-state index contributed by atoms with van der Waals surface area (Å²) in [5.74, 6) is -0.682. The van der Waals surface area contributed by atoms with Crippen LogP contribution in [-0.4, -0.2) is 55.4 Å². The van der Waals surface area contributed by atoms with E-state index in [4.69, 9.17) is 21.1 Å². The molecule has 4 aromatic carbocycles. The van der Waals surface area contributed by atoms with Gasteiger partial charge in [0.15, 0.2) is 5.78 Å². The molecule has 1 heterocycles. The first kappa shape index (κ1) is 48.2. The molecule has 334 valence electrons. The number of carbonyl (C=O) groups is 3. The molecular weight excluding hydrogens is 842 g/mol. The second kappa shape index (κ2) is 20.6. The lowest BCUT2D eigenvalue weighted by atomic mass is 9.76. The van der Waals surface area contributed by atoms with E-state index < -0.39 is 28.1 Å². The van der Waals surface area contributed by atoms with E-state index in [1.54, 1.807) is 26.8 Å². The lowest BCUT2D eigenvalue weighted by Gasteiger charge is -2.30. The predicted octanol–water partition coefficient (Wildman–Crippen LogP) is 10.7. The van der Waals surface area contributed by atoms with Crippen molar-refractivity contribution in [2.45, 2.75) is 116 Å². The van der Waals surface area contributed by atoms with Crippen LogP contribution >= 0.6 is 23.4 Å². The molecule has 2 amide bonds. The normalized spacial score (nSPS) is 12.3. The first-order valence-electron chi connectivity index (χ1n) is 20.9. The Morgan fingerprint density at radius 2 is 1.57 bits per heavy atom. The standard InChI is InChI=1S/C47H56ClN7O7S/c1-10-46(6,7)31-19-23-39(35(27-31)47(8,9)11-2)61-25-15-18-40(56)49-32-20-22-36(48)37(28-32)50-43(58)41(42(57)45(3,4)5)62-38-24-21-34(55(59)60)26-30(38)29-63-44-51-52-53-54(44)33-16-13-12-14-17-33/h12-14,16-17,19-24,26-28,41H,10-11,15,18,25,29H2,1-9H3,(H,49,56)(H,50,58). The van der Waals surface area contributed by atoms with E-state index in [9.17, 15) is 24.5 Å². The SMILES string of the molecule is CCC(C)(C)c1ccc(OCCCC(=O)Nc2ccc(Cl)c(NC(=O)C(Oc3ccc([N+](=O)[O-])cc3CSc3nnnn3-c3ccccc3)C(=O)C(C)(C)C)c2)c(C(C)(C)CC)c1. The summed E-state index contributed by atoms with van der Waals surface area (Å²) in [5.41, 5.74) is 2.62. The van der Waals surface area contributed by atoms with Crippen LogP contribution < -0.4 is 20.1 Å². The number of anilines is 2. The highest BCUT2D eigenvalue weighted by atomic mass is 35.5. The van der Waals surface area contributed by atoms with Gasteiger partial charge >= 0.3 is 0 Å². The number of halogens is 1. The minimum absolute atomic E-state index is 0.0322. The van der Waals surface area contributed by atoms with Crippen LogP contribution in [0.15, 0.2) is 90.1 Å². The van der Waals surface area contributed by atoms with E-state index in [0.717, 1.165) is 24.2 Å². The number of ketones is 1. The molecule has 5 rings (SSSR count). The number of nitro benzene ring substituents is 1. The van der Waals surface area contributed by atoms with Crippen LogP contribution in [0.1, 0.15) is 105 Å². The molecule has 63 heavy (non-hydrogen) atoms. The number of rotatable bonds is 20. The third-order valence-corrected chi connectivity index (χ3v) is 12.4. The fourth-order valence-electron chi connectivity index (χ4n) is 6.33. The largest absolute Gasteiger partial charge is 0.493 e. The molecule has 0 radical (unpaired) electrons. The van der Waals surface area contributed by atoms with Gasteiger partial charge in [0.05, 0.1) is 27.9 Å². The summed E-state index contributed by atoms with van der Waals surface area (Å²) in [6.45, 7) is 18.5. The monoisotopic (exact) mass is 897 g/mol. The van der Waals surface area contributed by atoms with Crippen LogP contribution in [0.2, 0.25) is 5.02 Å². The van der Waals surface area contributed by atoms with Gasteiger partial charge in [0.25, 0.3) is 11.6 Å². The first-order chi connectivity index (χ1) is 29.7. The molecule has 0 saturated carbocycles. The fraction of sp³-hybridized carbons (Fsp3) is 0.404. The maximum atomic E-state index is 14.0. The highest BCUT2D eigenvalue weighted by Crippen LogP contribution is 2.39. The van der Waals surface area contributed by atoms with Gasteiger partial charge in [-0.1, -0.05) is 116 Å². The van der Waals surface area contributed by atoms with Gasteiger partial charge in [-0.25, -0.2) is 0 Å². The Morgan fingerprint density at radius 1 is 0.873 bits per heavy atom. The molecule has 1 unspecified atom stereocenters. The number of hydrogen-bond donors (Lipinski definition) is 2. The van der Waals surface area contributed by atoms with Crippen molar-refractivity contribution in [1.82, 2.24) is 20.2 Å². The molecule has 0 fully saturated rings. The molecule has 5 aromatic rings. The van der Waals surface area contributed by atoms with E-state index in [-0.39, 0.29) is 51.1 Å². The van der Waals surface area contributed by atoms with Gasteiger partial charge in [0.1, 0.15) is 11.5 Å². The van der Waals surface area contributed by atoms with E-state index in [1.807, 2.05) is 36.4 Å². The molecule has 2 N–H and O–H groups in total. The Kier molecular flexibility index (Phi) is 15.8. The highest BCUT2D eigenvalue weighted by Gasteiger charge is 2.38. The molecule has 1 atom stereocenters. The van der Waals surface area contributed by atoms with Crippen molar-refractivity contribution in [3.05, 3.63) is 117 Å². The van der Waals surface area contributed by atoms with Gasteiger partial charge in [0.2, 0.25) is 17.2 Å². The minimum atomic E-state index is -1.70. The number of amides is 2. The summed E-state index contributed by atoms with van der Waals surface area (Å²) in [4.78, 5) is 52.3. The van der Waals surface area contributed by atoms with E-state index in [1.165, 1.54) is 52.3 Å². The average molecular weight is 899 g/mol. The number of nitrogens with one attached hydrogen (secondary N) is 2. The number of carbonyl (C=O) groups excluding carboxylic acids is 3. The van der Waals surface area contributed by atoms with Crippen LogP contribution in [-0.2, 0) is 31.0 Å². The number of benzene rings is 4. The summed E-state index contributed by atoms with van der Waals surface area (Å²) in [5, 5.41) is 29.9. The number of ether oxygens (including phenoxy) is 2. The Balaban J connectivity index is 1.28. The van der Waals surface area contributed by atoms with Crippen molar-refractivity contribution in [2.24, 2.45) is 5.41 Å². The quantitative estimate of drug-likeness (QED) is 0.0249. The maximum absolute atomic E-state index is 14.0. The number of para-hydroxylation sites is 1. The van der Waals surface area contributed by atoms with Crippen LogP contribution in [0.5, 0.6) is 11.5 Å². The molecule has 0 aliphatic rings. The smallest absolute Gasteiger partial charge is 0.273 e. The zero-order valence-corrected chi connectivity index (χ0v) is 38.9. The molecule has 0 saturated heterocycles. The number of hydrogen-bond acceptors (Lipinski definition) is 11. The summed E-state index contributed by atoms with van der Waals surface area (Å²) < 4.78 is 14.0. The number of tetrazole rings is 1. The second-order valence-electron chi connectivity index (χ2n) is 17.5. The van der Waals surface area contributed by atoms with E-state index in [0.29, 0.717) is 35.1 Å². The predicted molar refractivity (Wildman–Crippen MR) is 247 cm³/mol. The summed E-state index contributed by atoms with van der Waals surface area (Å²) in [7, 11) is 0. The van der Waals surface area contributed by atoms with E-state index in [2.05, 4.69) is 79.8 Å². The van der Waals surface area contributed by atoms with E-state index >= 15 is 0 Å². The number of nitrogens with zero attached hydrogens (tertiary/aromatic N) is 5. The number of thioether (sulfide) groups is 1. The van der Waals surface area contributed by atoms with Crippen molar-refractivity contribution in [3.8, 4) is 17.2 Å². The number of aromatic nitrogens is 4. The van der Waals surface area contributed by atoms with Gasteiger partial charge in [0, 0.05) is 46.5 Å². The molecule has 0 bridgehead atoms. The Morgan fingerprint density at radius 3 is 2.24 bits per heavy atom. The van der Waals surface area contributed by atoms with Crippen molar-refractivity contribution >= 4 is 58.0 Å². The molecule has 0 spiro atoms. The molecule has 1 aromatic heterocycles. The Labute approximate surface area is 378 Å². The minimum Gasteiger partial charge on any atom is -0.493 e. The maximum Gasteiger partial charge on any atom is 0.273 e. The zero-order chi connectivity index (χ0) is 46.1. The third-order valence-electron chi connectivity index (χ3n) is 11.1. The Bertz CT molecular complexity index is 2430. The summed E-state index contributed by atoms with van der Waals surface area (Å²) in [6.07, 6.45) is 0.876. The number of Topliss-reactive ketones (excluding diaryl/α,β-unsaturated/α-hetero) is 1. The van der Waals surface area contributed by atoms with Gasteiger partial charge in [-0.3, -0.25) is 24.5 Å². The lowest BCUT2D eigenvalue weighted by molar-refractivity contribution is -0.384.